The zero-order valence-corrected chi connectivity index (χ0v) is 15.2. The van der Waals surface area contributed by atoms with Crippen molar-refractivity contribution in [2.45, 2.75) is 12.5 Å². The van der Waals surface area contributed by atoms with Crippen LogP contribution in [0.4, 0.5) is 0 Å². The summed E-state index contributed by atoms with van der Waals surface area (Å²) in [4.78, 5) is 12.4. The average Bonchev–Trinajstić information content (AvgIpc) is 3.10. The summed E-state index contributed by atoms with van der Waals surface area (Å²) < 4.78 is 17.2. The van der Waals surface area contributed by atoms with Gasteiger partial charge in [-0.3, -0.25) is 4.79 Å². The zero-order valence-electron chi connectivity index (χ0n) is 15.2. The van der Waals surface area contributed by atoms with Gasteiger partial charge in [-0.1, -0.05) is 36.4 Å². The Balaban J connectivity index is 1.29. The Morgan fingerprint density at radius 1 is 1.00 bits per heavy atom. The van der Waals surface area contributed by atoms with Crippen molar-refractivity contribution < 1.29 is 18.7 Å². The number of fused-ring (bicyclic) bond motifs is 4. The highest BCUT2D eigenvalue weighted by Crippen LogP contribution is 2.32. The standard InChI is InChI=1S/C23H19NO4/c25-23(24-19-11-12-26-20-7-3-2-6-17(19)20)14-27-15-9-10-22-18(13-15)16-5-1-4-8-21(16)28-22/h1-10,13,19H,11-12,14H2,(H,24,25)/t19-/m1/s1. The van der Waals surface area contributed by atoms with Crippen LogP contribution in [0, 0.1) is 0 Å². The van der Waals surface area contributed by atoms with Crippen molar-refractivity contribution in [3.8, 4) is 11.5 Å². The van der Waals surface area contributed by atoms with E-state index in [1.54, 1.807) is 0 Å². The van der Waals surface area contributed by atoms with Gasteiger partial charge in [-0.2, -0.15) is 0 Å². The van der Waals surface area contributed by atoms with E-state index in [-0.39, 0.29) is 18.6 Å². The molecular formula is C23H19NO4. The molecule has 5 heteroatoms. The van der Waals surface area contributed by atoms with Crippen LogP contribution in [0.2, 0.25) is 0 Å². The number of ether oxygens (including phenoxy) is 2. The molecule has 0 radical (unpaired) electrons. The van der Waals surface area contributed by atoms with Gasteiger partial charge in [0.1, 0.15) is 22.7 Å². The second kappa shape index (κ2) is 6.93. The Morgan fingerprint density at radius 2 is 1.82 bits per heavy atom. The van der Waals surface area contributed by atoms with Crippen LogP contribution < -0.4 is 14.8 Å². The minimum atomic E-state index is -0.154. The highest BCUT2D eigenvalue weighted by atomic mass is 16.5. The molecule has 140 valence electrons. The fourth-order valence-corrected chi connectivity index (χ4v) is 3.67. The molecule has 0 spiro atoms. The number of rotatable bonds is 4. The Bertz CT molecular complexity index is 1160. The number of carbonyl (C=O) groups is 1. The number of nitrogens with one attached hydrogen (secondary N) is 1. The van der Waals surface area contributed by atoms with Crippen LogP contribution in [-0.2, 0) is 4.79 Å². The fraction of sp³-hybridized carbons (Fsp3) is 0.174. The largest absolute Gasteiger partial charge is 0.493 e. The topological polar surface area (TPSA) is 60.7 Å². The summed E-state index contributed by atoms with van der Waals surface area (Å²) in [5.41, 5.74) is 2.65. The molecule has 1 aromatic heterocycles. The van der Waals surface area contributed by atoms with Crippen LogP contribution in [0.5, 0.6) is 11.5 Å². The molecule has 1 N–H and O–H groups in total. The molecule has 0 saturated heterocycles. The first-order valence-electron chi connectivity index (χ1n) is 9.33. The van der Waals surface area contributed by atoms with Crippen molar-refractivity contribution >= 4 is 27.8 Å². The molecule has 28 heavy (non-hydrogen) atoms. The molecule has 3 aromatic carbocycles. The molecule has 0 saturated carbocycles. The van der Waals surface area contributed by atoms with Gasteiger partial charge in [0.05, 0.1) is 12.6 Å². The predicted molar refractivity (Wildman–Crippen MR) is 107 cm³/mol. The highest BCUT2D eigenvalue weighted by molar-refractivity contribution is 6.05. The monoisotopic (exact) mass is 373 g/mol. The number of furan rings is 1. The maximum Gasteiger partial charge on any atom is 0.258 e. The van der Waals surface area contributed by atoms with Crippen LogP contribution in [0.25, 0.3) is 21.9 Å². The number of para-hydroxylation sites is 2. The average molecular weight is 373 g/mol. The van der Waals surface area contributed by atoms with Gasteiger partial charge in [0.2, 0.25) is 0 Å². The minimum absolute atomic E-state index is 0.0409. The maximum atomic E-state index is 12.4. The lowest BCUT2D eigenvalue weighted by molar-refractivity contribution is -0.124. The maximum absolute atomic E-state index is 12.4. The first-order valence-corrected chi connectivity index (χ1v) is 9.33. The summed E-state index contributed by atoms with van der Waals surface area (Å²) in [6.07, 6.45) is 0.746. The first kappa shape index (κ1) is 16.7. The van der Waals surface area contributed by atoms with Gasteiger partial charge in [-0.25, -0.2) is 0 Å². The summed E-state index contributed by atoms with van der Waals surface area (Å²) in [6, 6.07) is 21.2. The summed E-state index contributed by atoms with van der Waals surface area (Å²) in [6.45, 7) is 0.549. The zero-order chi connectivity index (χ0) is 18.9. The molecule has 1 aliphatic heterocycles. The fourth-order valence-electron chi connectivity index (χ4n) is 3.67. The van der Waals surface area contributed by atoms with Gasteiger partial charge in [0.15, 0.2) is 6.61 Å². The summed E-state index contributed by atoms with van der Waals surface area (Å²) >= 11 is 0. The molecule has 0 unspecified atom stereocenters. The van der Waals surface area contributed by atoms with E-state index in [1.807, 2.05) is 66.7 Å². The molecule has 1 aliphatic rings. The highest BCUT2D eigenvalue weighted by Gasteiger charge is 2.22. The Labute approximate surface area is 161 Å². The second-order valence-electron chi connectivity index (χ2n) is 6.84. The van der Waals surface area contributed by atoms with Gasteiger partial charge in [0, 0.05) is 22.8 Å². The van der Waals surface area contributed by atoms with Crippen molar-refractivity contribution in [2.75, 3.05) is 13.2 Å². The third kappa shape index (κ3) is 3.05. The van der Waals surface area contributed by atoms with Crippen molar-refractivity contribution in [1.82, 2.24) is 5.32 Å². The summed E-state index contributed by atoms with van der Waals surface area (Å²) in [7, 11) is 0. The second-order valence-corrected chi connectivity index (χ2v) is 6.84. The van der Waals surface area contributed by atoms with E-state index in [0.717, 1.165) is 39.7 Å². The number of benzene rings is 3. The lowest BCUT2D eigenvalue weighted by atomic mass is 10.0. The Hall–Kier alpha value is -3.47. The number of carbonyl (C=O) groups excluding carboxylic acids is 1. The van der Waals surface area contributed by atoms with E-state index in [0.29, 0.717) is 12.4 Å². The van der Waals surface area contributed by atoms with Crippen LogP contribution in [0.3, 0.4) is 0 Å². The third-order valence-electron chi connectivity index (χ3n) is 5.01. The van der Waals surface area contributed by atoms with E-state index in [9.17, 15) is 4.79 Å². The Kier molecular flexibility index (Phi) is 4.13. The van der Waals surface area contributed by atoms with Crippen molar-refractivity contribution in [1.29, 1.82) is 0 Å². The molecule has 2 heterocycles. The summed E-state index contributed by atoms with van der Waals surface area (Å²) in [5.74, 6) is 1.32. The van der Waals surface area contributed by atoms with Gasteiger partial charge in [0.25, 0.3) is 5.91 Å². The minimum Gasteiger partial charge on any atom is -0.493 e. The van der Waals surface area contributed by atoms with Crippen LogP contribution in [0.1, 0.15) is 18.0 Å². The number of amides is 1. The van der Waals surface area contributed by atoms with Crippen LogP contribution in [-0.4, -0.2) is 19.1 Å². The molecule has 1 atom stereocenters. The van der Waals surface area contributed by atoms with Gasteiger partial charge in [-0.05, 0) is 30.3 Å². The molecule has 5 nitrogen and oxygen atoms in total. The van der Waals surface area contributed by atoms with E-state index >= 15 is 0 Å². The van der Waals surface area contributed by atoms with Crippen LogP contribution >= 0.6 is 0 Å². The SMILES string of the molecule is O=C(COc1ccc2oc3ccccc3c2c1)N[C@@H]1CCOc2ccccc21. The lowest BCUT2D eigenvalue weighted by Gasteiger charge is -2.26. The normalized spacial score (nSPS) is 15.8. The lowest BCUT2D eigenvalue weighted by Crippen LogP contribution is -2.35. The van der Waals surface area contributed by atoms with Gasteiger partial charge < -0.3 is 19.2 Å². The quantitative estimate of drug-likeness (QED) is 0.568. The number of hydrogen-bond acceptors (Lipinski definition) is 4. The van der Waals surface area contributed by atoms with E-state index in [4.69, 9.17) is 13.9 Å². The molecule has 0 bridgehead atoms. The molecule has 0 fully saturated rings. The van der Waals surface area contributed by atoms with E-state index in [1.165, 1.54) is 0 Å². The van der Waals surface area contributed by atoms with Crippen molar-refractivity contribution in [3.05, 3.63) is 72.3 Å². The third-order valence-corrected chi connectivity index (χ3v) is 5.01. The molecule has 0 aliphatic carbocycles. The van der Waals surface area contributed by atoms with Gasteiger partial charge >= 0.3 is 0 Å². The Morgan fingerprint density at radius 3 is 2.79 bits per heavy atom. The predicted octanol–water partition coefficient (Wildman–Crippen LogP) is 4.60. The summed E-state index contributed by atoms with van der Waals surface area (Å²) in [5, 5.41) is 5.06. The molecule has 4 aromatic rings. The first-order chi connectivity index (χ1) is 13.8. The smallest absolute Gasteiger partial charge is 0.258 e. The molecule has 1 amide bonds. The molecular weight excluding hydrogens is 354 g/mol. The molecule has 5 rings (SSSR count). The van der Waals surface area contributed by atoms with Gasteiger partial charge in [-0.15, -0.1) is 0 Å². The van der Waals surface area contributed by atoms with E-state index in [2.05, 4.69) is 5.32 Å². The van der Waals surface area contributed by atoms with E-state index < -0.39 is 0 Å². The van der Waals surface area contributed by atoms with Crippen molar-refractivity contribution in [2.24, 2.45) is 0 Å². The van der Waals surface area contributed by atoms with Crippen LogP contribution in [0.15, 0.2) is 71.1 Å². The number of hydrogen-bond donors (Lipinski definition) is 1. The van der Waals surface area contributed by atoms with Crippen molar-refractivity contribution in [3.63, 3.8) is 0 Å².